The minimum absolute atomic E-state index is 0.0467. The highest BCUT2D eigenvalue weighted by Gasteiger charge is 2.31. The third-order valence-electron chi connectivity index (χ3n) is 3.23. The maximum Gasteiger partial charge on any atom is 0.414 e. The summed E-state index contributed by atoms with van der Waals surface area (Å²) in [6.45, 7) is 0.690. The molecule has 2 amide bonds. The fraction of sp³-hybridized carbons (Fsp3) is 0.385. The Morgan fingerprint density at radius 3 is 2.55 bits per heavy atom. The van der Waals surface area contributed by atoms with Gasteiger partial charge in [0.05, 0.1) is 13.1 Å². The summed E-state index contributed by atoms with van der Waals surface area (Å²) in [6.07, 6.45) is -0.678. The summed E-state index contributed by atoms with van der Waals surface area (Å²) < 4.78 is 5.09. The van der Waals surface area contributed by atoms with Crippen LogP contribution in [0.5, 0.6) is 0 Å². The number of ether oxygens (including phenoxy) is 1. The zero-order chi connectivity index (χ0) is 14.7. The molecule has 0 saturated carbocycles. The van der Waals surface area contributed by atoms with Crippen LogP contribution in [0.3, 0.4) is 0 Å². The summed E-state index contributed by atoms with van der Waals surface area (Å²) in [5, 5.41) is 0. The molecular weight excluding hydrogens is 260 g/mol. The van der Waals surface area contributed by atoms with Crippen molar-refractivity contribution in [1.82, 2.24) is 0 Å². The van der Waals surface area contributed by atoms with E-state index in [1.165, 1.54) is 9.80 Å². The van der Waals surface area contributed by atoms with Crippen LogP contribution in [-0.2, 0) is 9.53 Å². The average molecular weight is 278 g/mol. The molecule has 0 spiro atoms. The molecule has 108 valence electrons. The van der Waals surface area contributed by atoms with Crippen LogP contribution < -0.4 is 21.3 Å². The fourth-order valence-electron chi connectivity index (χ4n) is 1.99. The molecule has 1 atom stereocenters. The Kier molecular flexibility index (Phi) is 4.21. The molecule has 1 unspecified atom stereocenters. The van der Waals surface area contributed by atoms with E-state index in [9.17, 15) is 9.59 Å². The van der Waals surface area contributed by atoms with Gasteiger partial charge in [-0.05, 0) is 24.3 Å². The van der Waals surface area contributed by atoms with E-state index >= 15 is 0 Å². The van der Waals surface area contributed by atoms with Crippen LogP contribution in [0.2, 0.25) is 0 Å². The molecule has 2 rings (SSSR count). The van der Waals surface area contributed by atoms with Gasteiger partial charge < -0.3 is 21.1 Å². The second-order valence-electron chi connectivity index (χ2n) is 4.53. The number of nitrogens with two attached hydrogens (primary N) is 2. The maximum absolute atomic E-state index is 11.7. The van der Waals surface area contributed by atoms with Crippen LogP contribution in [-0.4, -0.2) is 44.8 Å². The van der Waals surface area contributed by atoms with Crippen LogP contribution >= 0.6 is 0 Å². The summed E-state index contributed by atoms with van der Waals surface area (Å²) >= 11 is 0. The van der Waals surface area contributed by atoms with Crippen molar-refractivity contribution in [2.75, 3.05) is 36.5 Å². The normalized spacial score (nSPS) is 18.1. The number of nitrogens with zero attached hydrogens (tertiary/aromatic N) is 2. The molecule has 1 aromatic rings. The summed E-state index contributed by atoms with van der Waals surface area (Å²) in [5.74, 6) is -0.179. The first kappa shape index (κ1) is 14.3. The van der Waals surface area contributed by atoms with Crippen LogP contribution in [0.25, 0.3) is 0 Å². The molecule has 7 nitrogen and oxygen atoms in total. The number of hydrogen-bond acceptors (Lipinski definition) is 5. The van der Waals surface area contributed by atoms with Crippen molar-refractivity contribution in [2.45, 2.75) is 6.10 Å². The summed E-state index contributed by atoms with van der Waals surface area (Å²) in [7, 11) is 1.65. The Balaban J connectivity index is 2.12. The lowest BCUT2D eigenvalue weighted by atomic mass is 10.2. The number of benzene rings is 1. The fourth-order valence-corrected chi connectivity index (χ4v) is 1.99. The van der Waals surface area contributed by atoms with Gasteiger partial charge in [0.2, 0.25) is 5.91 Å². The Bertz CT molecular complexity index is 503. The number of hydrogen-bond donors (Lipinski definition) is 2. The Labute approximate surface area is 117 Å². The quantitative estimate of drug-likeness (QED) is 0.800. The van der Waals surface area contributed by atoms with Gasteiger partial charge in [-0.2, -0.15) is 0 Å². The second kappa shape index (κ2) is 5.89. The summed E-state index contributed by atoms with van der Waals surface area (Å²) in [5.41, 5.74) is 12.2. The monoisotopic (exact) mass is 278 g/mol. The number of carbonyl (C=O) groups excluding carboxylic acids is 2. The molecule has 1 fully saturated rings. The van der Waals surface area contributed by atoms with Gasteiger partial charge in [-0.25, -0.2) is 4.79 Å². The van der Waals surface area contributed by atoms with Gasteiger partial charge >= 0.3 is 6.09 Å². The molecule has 0 radical (unpaired) electrons. The lowest BCUT2D eigenvalue weighted by molar-refractivity contribution is -0.117. The lowest BCUT2D eigenvalue weighted by Gasteiger charge is -2.18. The number of cyclic esters (lactones) is 1. The Morgan fingerprint density at radius 1 is 1.40 bits per heavy atom. The minimum atomic E-state index is -0.403. The molecular formula is C13H18N4O3. The van der Waals surface area contributed by atoms with Crippen molar-refractivity contribution < 1.29 is 14.3 Å². The predicted octanol–water partition coefficient (Wildman–Crippen LogP) is -0.108. The molecule has 7 heteroatoms. The van der Waals surface area contributed by atoms with Gasteiger partial charge in [0.1, 0.15) is 6.10 Å². The second-order valence-corrected chi connectivity index (χ2v) is 4.53. The van der Waals surface area contributed by atoms with Crippen LogP contribution in [0.1, 0.15) is 0 Å². The van der Waals surface area contributed by atoms with E-state index in [4.69, 9.17) is 16.2 Å². The van der Waals surface area contributed by atoms with E-state index in [1.807, 2.05) is 0 Å². The number of anilines is 2. The van der Waals surface area contributed by atoms with Gasteiger partial charge in [-0.1, -0.05) is 0 Å². The van der Waals surface area contributed by atoms with Crippen molar-refractivity contribution in [3.05, 3.63) is 24.3 Å². The molecule has 4 N–H and O–H groups in total. The topological polar surface area (TPSA) is 102 Å². The molecule has 1 saturated heterocycles. The molecule has 0 bridgehead atoms. The van der Waals surface area contributed by atoms with Crippen molar-refractivity contribution in [2.24, 2.45) is 11.5 Å². The van der Waals surface area contributed by atoms with Gasteiger partial charge in [0.15, 0.2) is 0 Å². The van der Waals surface area contributed by atoms with E-state index in [2.05, 4.69) is 0 Å². The van der Waals surface area contributed by atoms with Crippen molar-refractivity contribution in [3.63, 3.8) is 0 Å². The van der Waals surface area contributed by atoms with E-state index in [0.29, 0.717) is 24.5 Å². The van der Waals surface area contributed by atoms with Crippen molar-refractivity contribution in [1.29, 1.82) is 0 Å². The van der Waals surface area contributed by atoms with E-state index in [1.54, 1.807) is 31.3 Å². The first-order valence-electron chi connectivity index (χ1n) is 6.31. The van der Waals surface area contributed by atoms with Gasteiger partial charge in [-0.3, -0.25) is 9.69 Å². The average Bonchev–Trinajstić information content (AvgIpc) is 2.87. The highest BCUT2D eigenvalue weighted by molar-refractivity contribution is 5.95. The van der Waals surface area contributed by atoms with Gasteiger partial charge in [0, 0.05) is 25.0 Å². The summed E-state index contributed by atoms with van der Waals surface area (Å²) in [4.78, 5) is 26.2. The molecule has 0 aliphatic carbocycles. The third-order valence-corrected chi connectivity index (χ3v) is 3.23. The van der Waals surface area contributed by atoms with Crippen LogP contribution in [0.4, 0.5) is 16.2 Å². The summed E-state index contributed by atoms with van der Waals surface area (Å²) in [6, 6.07) is 7.03. The minimum Gasteiger partial charge on any atom is -0.443 e. The zero-order valence-corrected chi connectivity index (χ0v) is 11.3. The van der Waals surface area contributed by atoms with Gasteiger partial charge in [0.25, 0.3) is 0 Å². The van der Waals surface area contributed by atoms with Crippen LogP contribution in [0.15, 0.2) is 24.3 Å². The molecule has 1 aliphatic rings. The van der Waals surface area contributed by atoms with Crippen LogP contribution in [0, 0.1) is 0 Å². The Hall–Kier alpha value is -2.12. The molecule has 0 aromatic heterocycles. The van der Waals surface area contributed by atoms with Crippen molar-refractivity contribution >= 4 is 23.4 Å². The maximum atomic E-state index is 11.7. The van der Waals surface area contributed by atoms with E-state index in [0.717, 1.165) is 0 Å². The largest absolute Gasteiger partial charge is 0.443 e. The first-order chi connectivity index (χ1) is 9.56. The smallest absolute Gasteiger partial charge is 0.414 e. The van der Waals surface area contributed by atoms with Crippen molar-refractivity contribution in [3.8, 4) is 0 Å². The van der Waals surface area contributed by atoms with Gasteiger partial charge in [-0.15, -0.1) is 0 Å². The zero-order valence-electron chi connectivity index (χ0n) is 11.3. The molecule has 1 heterocycles. The highest BCUT2D eigenvalue weighted by atomic mass is 16.6. The predicted molar refractivity (Wildman–Crippen MR) is 75.6 cm³/mol. The number of carbonyl (C=O) groups is 2. The molecule has 20 heavy (non-hydrogen) atoms. The molecule has 1 aromatic carbocycles. The highest BCUT2D eigenvalue weighted by Crippen LogP contribution is 2.24. The molecule has 1 aliphatic heterocycles. The number of rotatable bonds is 4. The Morgan fingerprint density at radius 2 is 2.05 bits per heavy atom. The number of amides is 2. The third kappa shape index (κ3) is 2.73. The van der Waals surface area contributed by atoms with E-state index < -0.39 is 6.09 Å². The standard InChI is InChI=1S/C13H18N4O3/c1-16(12(18)7-15)9-2-4-10(5-3-9)17-8-11(6-14)20-13(17)19/h2-5,11H,6-8,14-15H2,1H3. The van der Waals surface area contributed by atoms with E-state index in [-0.39, 0.29) is 18.6 Å². The lowest BCUT2D eigenvalue weighted by Crippen LogP contribution is -2.32. The number of likely N-dealkylation sites (N-methyl/N-ethyl adjacent to an activating group) is 1. The SMILES string of the molecule is CN(C(=O)CN)c1ccc(N2CC(CN)OC2=O)cc1. The first-order valence-corrected chi connectivity index (χ1v) is 6.31.